The van der Waals surface area contributed by atoms with Gasteiger partial charge in [0.2, 0.25) is 0 Å². The second kappa shape index (κ2) is 8.51. The average Bonchev–Trinajstić information content (AvgIpc) is 3.02. The van der Waals surface area contributed by atoms with Crippen LogP contribution in [0.25, 0.3) is 5.69 Å². The monoisotopic (exact) mass is 422 g/mol. The van der Waals surface area contributed by atoms with E-state index in [1.54, 1.807) is 23.7 Å². The molecule has 1 fully saturated rings. The first-order chi connectivity index (χ1) is 14.8. The van der Waals surface area contributed by atoms with Crippen molar-refractivity contribution in [1.82, 2.24) is 9.78 Å². The molecule has 2 atom stereocenters. The molecule has 6 nitrogen and oxygen atoms in total. The van der Waals surface area contributed by atoms with Crippen molar-refractivity contribution in [1.29, 1.82) is 0 Å². The zero-order valence-corrected chi connectivity index (χ0v) is 18.2. The average molecular weight is 423 g/mol. The molecule has 4 rings (SSSR count). The summed E-state index contributed by atoms with van der Waals surface area (Å²) in [6.45, 7) is 9.48. The van der Waals surface area contributed by atoms with E-state index < -0.39 is 0 Å². The lowest BCUT2D eigenvalue weighted by Crippen LogP contribution is -2.45. The number of nitrogens with one attached hydrogen (secondary N) is 1. The van der Waals surface area contributed by atoms with Gasteiger partial charge in [-0.25, -0.2) is 9.07 Å². The number of halogens is 1. The van der Waals surface area contributed by atoms with E-state index in [9.17, 15) is 9.18 Å². The highest BCUT2D eigenvalue weighted by Gasteiger charge is 2.23. The fourth-order valence-corrected chi connectivity index (χ4v) is 4.14. The molecule has 3 aromatic rings. The SMILES string of the molecule is Cc1nn(-c2ccc(F)cc2)c(C)c1C(=O)Nc1ccc(N2CC(C)OC(C)C2)cc1. The molecule has 0 radical (unpaired) electrons. The zero-order valence-electron chi connectivity index (χ0n) is 18.2. The number of morpholine rings is 1. The predicted molar refractivity (Wildman–Crippen MR) is 120 cm³/mol. The highest BCUT2D eigenvalue weighted by Crippen LogP contribution is 2.24. The van der Waals surface area contributed by atoms with Crippen LogP contribution in [0.1, 0.15) is 35.6 Å². The summed E-state index contributed by atoms with van der Waals surface area (Å²) in [5.74, 6) is -0.530. The minimum Gasteiger partial charge on any atom is -0.372 e. The standard InChI is InChI=1S/C24H27FN4O2/c1-15-13-28(14-16(2)31-15)21-11-7-20(8-12-21)26-24(30)23-17(3)27-29(18(23)4)22-9-5-19(25)6-10-22/h5-12,15-16H,13-14H2,1-4H3,(H,26,30). The number of carbonyl (C=O) groups is 1. The molecule has 1 aliphatic heterocycles. The van der Waals surface area contributed by atoms with Crippen LogP contribution in [0.15, 0.2) is 48.5 Å². The van der Waals surface area contributed by atoms with Gasteiger partial charge >= 0.3 is 0 Å². The molecule has 31 heavy (non-hydrogen) atoms. The van der Waals surface area contributed by atoms with Crippen LogP contribution in [0, 0.1) is 19.7 Å². The van der Waals surface area contributed by atoms with E-state index in [2.05, 4.69) is 29.2 Å². The minimum absolute atomic E-state index is 0.187. The van der Waals surface area contributed by atoms with Gasteiger partial charge in [0.1, 0.15) is 5.82 Å². The molecule has 0 saturated carbocycles. The van der Waals surface area contributed by atoms with Crippen molar-refractivity contribution in [3.63, 3.8) is 0 Å². The van der Waals surface area contributed by atoms with E-state index >= 15 is 0 Å². The first kappa shape index (κ1) is 21.1. The quantitative estimate of drug-likeness (QED) is 0.673. The highest BCUT2D eigenvalue weighted by molar-refractivity contribution is 6.06. The molecule has 2 unspecified atom stereocenters. The predicted octanol–water partition coefficient (Wildman–Crippen LogP) is 4.49. The topological polar surface area (TPSA) is 59.4 Å². The molecular weight excluding hydrogens is 395 g/mol. The molecule has 0 bridgehead atoms. The Labute approximate surface area is 181 Å². The second-order valence-corrected chi connectivity index (χ2v) is 8.10. The van der Waals surface area contributed by atoms with Crippen LogP contribution in [0.2, 0.25) is 0 Å². The summed E-state index contributed by atoms with van der Waals surface area (Å²) in [7, 11) is 0. The summed E-state index contributed by atoms with van der Waals surface area (Å²) < 4.78 is 20.7. The van der Waals surface area contributed by atoms with Gasteiger partial charge in [-0.2, -0.15) is 5.10 Å². The van der Waals surface area contributed by atoms with Crippen LogP contribution >= 0.6 is 0 Å². The Balaban J connectivity index is 1.50. The van der Waals surface area contributed by atoms with Crippen molar-refractivity contribution >= 4 is 17.3 Å². The third kappa shape index (κ3) is 4.46. The van der Waals surface area contributed by atoms with Gasteiger partial charge in [-0.1, -0.05) is 0 Å². The number of ether oxygens (including phenoxy) is 1. The lowest BCUT2D eigenvalue weighted by atomic mass is 10.1. The Kier molecular flexibility index (Phi) is 5.78. The number of aromatic nitrogens is 2. The van der Waals surface area contributed by atoms with Gasteiger partial charge in [0.15, 0.2) is 0 Å². The molecule has 1 amide bonds. The summed E-state index contributed by atoms with van der Waals surface area (Å²) >= 11 is 0. The Morgan fingerprint density at radius 1 is 1.00 bits per heavy atom. The van der Waals surface area contributed by atoms with Crippen LogP contribution in [-0.2, 0) is 4.74 Å². The van der Waals surface area contributed by atoms with Gasteiger partial charge in [-0.05, 0) is 76.2 Å². The number of hydrogen-bond donors (Lipinski definition) is 1. The third-order valence-corrected chi connectivity index (χ3v) is 5.50. The molecular formula is C24H27FN4O2. The van der Waals surface area contributed by atoms with Crippen molar-refractivity contribution in [2.45, 2.75) is 39.9 Å². The number of nitrogens with zero attached hydrogens (tertiary/aromatic N) is 3. The summed E-state index contributed by atoms with van der Waals surface area (Å²) in [5.41, 5.74) is 4.37. The molecule has 1 saturated heterocycles. The highest BCUT2D eigenvalue weighted by atomic mass is 19.1. The van der Waals surface area contributed by atoms with Gasteiger partial charge in [-0.15, -0.1) is 0 Å². The van der Waals surface area contributed by atoms with Crippen LogP contribution in [0.3, 0.4) is 0 Å². The van der Waals surface area contributed by atoms with Crippen molar-refractivity contribution in [2.75, 3.05) is 23.3 Å². The van der Waals surface area contributed by atoms with Gasteiger partial charge in [0.05, 0.1) is 34.8 Å². The van der Waals surface area contributed by atoms with Crippen LogP contribution < -0.4 is 10.2 Å². The number of carbonyl (C=O) groups excluding carboxylic acids is 1. The fourth-order valence-electron chi connectivity index (χ4n) is 4.14. The lowest BCUT2D eigenvalue weighted by Gasteiger charge is -2.36. The van der Waals surface area contributed by atoms with Crippen molar-refractivity contribution < 1.29 is 13.9 Å². The molecule has 1 aliphatic rings. The number of hydrogen-bond acceptors (Lipinski definition) is 4. The van der Waals surface area contributed by atoms with Crippen LogP contribution in [0.5, 0.6) is 0 Å². The Bertz CT molecular complexity index is 1070. The number of benzene rings is 2. The summed E-state index contributed by atoms with van der Waals surface area (Å²) in [6, 6.07) is 13.9. The van der Waals surface area contributed by atoms with E-state index in [1.807, 2.05) is 31.2 Å². The molecule has 2 heterocycles. The minimum atomic E-state index is -0.312. The molecule has 2 aromatic carbocycles. The molecule has 0 aliphatic carbocycles. The summed E-state index contributed by atoms with van der Waals surface area (Å²) in [6.07, 6.45) is 0.374. The fraction of sp³-hybridized carbons (Fsp3) is 0.333. The normalized spacial score (nSPS) is 18.8. The number of anilines is 2. The molecule has 1 aromatic heterocycles. The molecule has 7 heteroatoms. The van der Waals surface area contributed by atoms with Crippen molar-refractivity contribution in [3.05, 3.63) is 71.3 Å². The number of aryl methyl sites for hydroxylation is 1. The lowest BCUT2D eigenvalue weighted by molar-refractivity contribution is -0.00521. The van der Waals surface area contributed by atoms with Gasteiger partial charge < -0.3 is 15.0 Å². The Morgan fingerprint density at radius 2 is 1.58 bits per heavy atom. The van der Waals surface area contributed by atoms with Crippen molar-refractivity contribution in [2.24, 2.45) is 0 Å². The molecule has 1 N–H and O–H groups in total. The third-order valence-electron chi connectivity index (χ3n) is 5.50. The maximum absolute atomic E-state index is 13.2. The number of rotatable bonds is 4. The van der Waals surface area contributed by atoms with Crippen LogP contribution in [-0.4, -0.2) is 41.0 Å². The first-order valence-corrected chi connectivity index (χ1v) is 10.5. The van der Waals surface area contributed by atoms with Gasteiger partial charge in [-0.3, -0.25) is 4.79 Å². The van der Waals surface area contributed by atoms with E-state index in [0.29, 0.717) is 22.6 Å². The second-order valence-electron chi connectivity index (χ2n) is 8.10. The van der Waals surface area contributed by atoms with Gasteiger partial charge in [0.25, 0.3) is 5.91 Å². The largest absolute Gasteiger partial charge is 0.372 e. The van der Waals surface area contributed by atoms with Crippen LogP contribution in [0.4, 0.5) is 15.8 Å². The van der Waals surface area contributed by atoms with E-state index in [4.69, 9.17) is 4.74 Å². The maximum Gasteiger partial charge on any atom is 0.259 e. The summed E-state index contributed by atoms with van der Waals surface area (Å²) in [4.78, 5) is 15.3. The smallest absolute Gasteiger partial charge is 0.259 e. The van der Waals surface area contributed by atoms with E-state index in [0.717, 1.165) is 24.5 Å². The van der Waals surface area contributed by atoms with Gasteiger partial charge in [0, 0.05) is 24.5 Å². The number of amides is 1. The summed E-state index contributed by atoms with van der Waals surface area (Å²) in [5, 5.41) is 7.44. The molecule has 0 spiro atoms. The van der Waals surface area contributed by atoms with Crippen molar-refractivity contribution in [3.8, 4) is 5.69 Å². The van der Waals surface area contributed by atoms with E-state index in [-0.39, 0.29) is 23.9 Å². The Morgan fingerprint density at radius 3 is 2.19 bits per heavy atom. The Hall–Kier alpha value is -3.19. The zero-order chi connectivity index (χ0) is 22.1. The van der Waals surface area contributed by atoms with E-state index in [1.165, 1.54) is 12.1 Å². The maximum atomic E-state index is 13.2. The first-order valence-electron chi connectivity index (χ1n) is 10.5. The molecule has 162 valence electrons.